The van der Waals surface area contributed by atoms with Crippen molar-refractivity contribution in [2.75, 3.05) is 5.32 Å². The van der Waals surface area contributed by atoms with Gasteiger partial charge in [-0.25, -0.2) is 9.67 Å². The third kappa shape index (κ3) is 4.27. The number of amides is 1. The van der Waals surface area contributed by atoms with Crippen molar-refractivity contribution in [1.29, 1.82) is 0 Å². The molecule has 0 bridgehead atoms. The number of carbonyl (C=O) groups excluding carboxylic acids is 1. The Labute approximate surface area is 149 Å². The summed E-state index contributed by atoms with van der Waals surface area (Å²) in [6.45, 7) is -0.0991. The van der Waals surface area contributed by atoms with E-state index in [9.17, 15) is 18.0 Å². The van der Waals surface area contributed by atoms with Gasteiger partial charge in [0.15, 0.2) is 5.13 Å². The minimum Gasteiger partial charge on any atom is -0.392 e. The van der Waals surface area contributed by atoms with E-state index in [1.807, 2.05) is 0 Å². The maximum Gasteiger partial charge on any atom is 0.427 e. The van der Waals surface area contributed by atoms with Gasteiger partial charge in [-0.2, -0.15) is 18.3 Å². The lowest BCUT2D eigenvalue weighted by Crippen LogP contribution is -2.14. The largest absolute Gasteiger partial charge is 0.427 e. The van der Waals surface area contributed by atoms with Gasteiger partial charge in [-0.15, -0.1) is 0 Å². The number of nitrogens with zero attached hydrogens (tertiary/aromatic N) is 3. The van der Waals surface area contributed by atoms with E-state index >= 15 is 0 Å². The molecular formula is C16H13F3N4O2S. The lowest BCUT2D eigenvalue weighted by atomic mass is 10.2. The summed E-state index contributed by atoms with van der Waals surface area (Å²) < 4.78 is 39.1. The van der Waals surface area contributed by atoms with Crippen molar-refractivity contribution in [3.8, 4) is 5.69 Å². The van der Waals surface area contributed by atoms with Gasteiger partial charge < -0.3 is 10.4 Å². The number of benzene rings is 1. The Morgan fingerprint density at radius 1 is 1.31 bits per heavy atom. The second kappa shape index (κ2) is 7.26. The third-order valence-corrected chi connectivity index (χ3v) is 4.33. The quantitative estimate of drug-likeness (QED) is 0.711. The Bertz CT molecular complexity index is 920. The molecule has 0 aliphatic rings. The Hall–Kier alpha value is -2.72. The second-order valence-electron chi connectivity index (χ2n) is 5.33. The first kappa shape index (κ1) is 18.1. The van der Waals surface area contributed by atoms with Crippen LogP contribution in [0.15, 0.2) is 42.7 Å². The van der Waals surface area contributed by atoms with Gasteiger partial charge in [-0.05, 0) is 23.8 Å². The van der Waals surface area contributed by atoms with Crippen LogP contribution in [0.2, 0.25) is 0 Å². The van der Waals surface area contributed by atoms with Crippen molar-refractivity contribution in [1.82, 2.24) is 14.8 Å². The summed E-state index contributed by atoms with van der Waals surface area (Å²) in [7, 11) is 0. The van der Waals surface area contributed by atoms with Crippen LogP contribution in [0.3, 0.4) is 0 Å². The summed E-state index contributed by atoms with van der Waals surface area (Å²) >= 11 is 0.368. The van der Waals surface area contributed by atoms with Crippen molar-refractivity contribution < 1.29 is 23.1 Å². The van der Waals surface area contributed by atoms with E-state index in [2.05, 4.69) is 15.4 Å². The van der Waals surface area contributed by atoms with Gasteiger partial charge in [-0.1, -0.05) is 23.5 Å². The summed E-state index contributed by atoms with van der Waals surface area (Å²) in [5, 5.41) is 15.6. The fourth-order valence-corrected chi connectivity index (χ4v) is 2.89. The monoisotopic (exact) mass is 382 g/mol. The third-order valence-electron chi connectivity index (χ3n) is 3.38. The first-order chi connectivity index (χ1) is 12.3. The average molecular weight is 382 g/mol. The smallest absolute Gasteiger partial charge is 0.392 e. The highest BCUT2D eigenvalue weighted by Crippen LogP contribution is 2.34. The number of alkyl halides is 3. The topological polar surface area (TPSA) is 80.0 Å². The minimum atomic E-state index is -4.48. The Morgan fingerprint density at radius 2 is 2.12 bits per heavy atom. The lowest BCUT2D eigenvalue weighted by molar-refractivity contribution is -0.134. The van der Waals surface area contributed by atoms with Crippen LogP contribution in [0, 0.1) is 0 Å². The van der Waals surface area contributed by atoms with Gasteiger partial charge in [0.05, 0.1) is 30.6 Å². The molecule has 1 amide bonds. The molecule has 0 aliphatic heterocycles. The molecule has 3 aromatic rings. The van der Waals surface area contributed by atoms with Crippen LogP contribution >= 0.6 is 11.3 Å². The lowest BCUT2D eigenvalue weighted by Gasteiger charge is -2.03. The molecule has 0 unspecified atom stereocenters. The molecular weight excluding hydrogens is 369 g/mol. The predicted octanol–water partition coefficient (Wildman–Crippen LogP) is 3.02. The van der Waals surface area contributed by atoms with Gasteiger partial charge in [0.2, 0.25) is 5.91 Å². The maximum absolute atomic E-state index is 12.5. The van der Waals surface area contributed by atoms with Crippen molar-refractivity contribution in [2.24, 2.45) is 0 Å². The zero-order valence-corrected chi connectivity index (χ0v) is 14.0. The predicted molar refractivity (Wildman–Crippen MR) is 88.9 cm³/mol. The maximum atomic E-state index is 12.5. The number of rotatable bonds is 5. The zero-order chi connectivity index (χ0) is 18.7. The summed E-state index contributed by atoms with van der Waals surface area (Å²) in [6, 6.07) is 8.73. The highest BCUT2D eigenvalue weighted by molar-refractivity contribution is 7.15. The summed E-state index contributed by atoms with van der Waals surface area (Å²) in [6.07, 6.45) is -2.25. The van der Waals surface area contributed by atoms with Gasteiger partial charge in [0.1, 0.15) is 4.88 Å². The number of halogens is 3. The van der Waals surface area contributed by atoms with Crippen molar-refractivity contribution in [2.45, 2.75) is 19.2 Å². The Kier molecular flexibility index (Phi) is 5.05. The highest BCUT2D eigenvalue weighted by Gasteiger charge is 2.33. The number of aliphatic hydroxyl groups is 1. The molecule has 3 rings (SSSR count). The molecule has 0 spiro atoms. The van der Waals surface area contributed by atoms with Crippen molar-refractivity contribution in [3.05, 3.63) is 58.9 Å². The van der Waals surface area contributed by atoms with Crippen LogP contribution < -0.4 is 5.32 Å². The number of hydrogen-bond acceptors (Lipinski definition) is 5. The molecule has 0 radical (unpaired) electrons. The highest BCUT2D eigenvalue weighted by atomic mass is 32.1. The van der Waals surface area contributed by atoms with E-state index in [1.165, 1.54) is 0 Å². The molecule has 2 N–H and O–H groups in total. The van der Waals surface area contributed by atoms with Gasteiger partial charge >= 0.3 is 6.18 Å². The first-order valence-electron chi connectivity index (χ1n) is 7.43. The number of aliphatic hydroxyl groups excluding tert-OH is 1. The van der Waals surface area contributed by atoms with Crippen LogP contribution in [0.4, 0.5) is 18.3 Å². The van der Waals surface area contributed by atoms with E-state index in [-0.39, 0.29) is 18.2 Å². The molecule has 2 heterocycles. The zero-order valence-electron chi connectivity index (χ0n) is 13.2. The fourth-order valence-electron chi connectivity index (χ4n) is 2.19. The van der Waals surface area contributed by atoms with Gasteiger partial charge in [0.25, 0.3) is 0 Å². The summed E-state index contributed by atoms with van der Waals surface area (Å²) in [4.78, 5) is 14.7. The number of anilines is 1. The number of carbonyl (C=O) groups is 1. The van der Waals surface area contributed by atoms with E-state index in [0.717, 1.165) is 11.3 Å². The van der Waals surface area contributed by atoms with Crippen LogP contribution in [0.5, 0.6) is 0 Å². The normalized spacial score (nSPS) is 11.5. The number of aromatic nitrogens is 3. The second-order valence-corrected chi connectivity index (χ2v) is 6.36. The molecule has 0 saturated carbocycles. The van der Waals surface area contributed by atoms with Crippen LogP contribution in [-0.2, 0) is 24.0 Å². The van der Waals surface area contributed by atoms with E-state index in [0.29, 0.717) is 23.2 Å². The molecule has 1 aromatic carbocycles. The summed E-state index contributed by atoms with van der Waals surface area (Å²) in [5.74, 6) is -0.512. The van der Waals surface area contributed by atoms with Crippen LogP contribution in [-0.4, -0.2) is 25.8 Å². The molecule has 2 aromatic heterocycles. The van der Waals surface area contributed by atoms with E-state index < -0.39 is 17.0 Å². The van der Waals surface area contributed by atoms with Gasteiger partial charge in [-0.3, -0.25) is 4.79 Å². The molecule has 0 fully saturated rings. The Morgan fingerprint density at radius 3 is 2.81 bits per heavy atom. The molecule has 26 heavy (non-hydrogen) atoms. The summed E-state index contributed by atoms with van der Waals surface area (Å²) in [5.41, 5.74) is 1.89. The van der Waals surface area contributed by atoms with E-state index in [1.54, 1.807) is 41.2 Å². The molecule has 10 heteroatoms. The molecule has 0 saturated heterocycles. The molecule has 136 valence electrons. The van der Waals surface area contributed by atoms with E-state index in [4.69, 9.17) is 5.11 Å². The number of hydrogen-bond donors (Lipinski definition) is 2. The van der Waals surface area contributed by atoms with Crippen LogP contribution in [0.25, 0.3) is 5.69 Å². The van der Waals surface area contributed by atoms with Crippen molar-refractivity contribution >= 4 is 22.4 Å². The molecule has 0 atom stereocenters. The number of nitrogens with one attached hydrogen (secondary N) is 1. The first-order valence-corrected chi connectivity index (χ1v) is 8.24. The average Bonchev–Trinajstić information content (AvgIpc) is 3.24. The SMILES string of the molecule is O=C(Cc1ccn(-c2cccc(CO)c2)n1)Nc1ncc(C(F)(F)F)s1. The van der Waals surface area contributed by atoms with Gasteiger partial charge in [0, 0.05) is 6.20 Å². The van der Waals surface area contributed by atoms with Crippen molar-refractivity contribution in [3.63, 3.8) is 0 Å². The molecule has 6 nitrogen and oxygen atoms in total. The fraction of sp³-hybridized carbons (Fsp3) is 0.188. The minimum absolute atomic E-state index is 0.0991. The standard InChI is InChI=1S/C16H13F3N4O2S/c17-16(18,19)13-8-20-15(26-13)21-14(25)7-11-4-5-23(22-11)12-3-1-2-10(6-12)9-24/h1-6,8,24H,7,9H2,(H,20,21,25). The van der Waals surface area contributed by atoms with Crippen LogP contribution in [0.1, 0.15) is 16.1 Å². The number of thiazole rings is 1. The molecule has 0 aliphatic carbocycles. The Balaban J connectivity index is 1.65.